The lowest BCUT2D eigenvalue weighted by atomic mass is 10.1. The van der Waals surface area contributed by atoms with Gasteiger partial charge < -0.3 is 14.9 Å². The second kappa shape index (κ2) is 9.87. The van der Waals surface area contributed by atoms with E-state index in [1.807, 2.05) is 12.3 Å². The van der Waals surface area contributed by atoms with E-state index >= 15 is 0 Å². The Labute approximate surface area is 195 Å². The highest BCUT2D eigenvalue weighted by atomic mass is 35.5. The van der Waals surface area contributed by atoms with Crippen LogP contribution in [-0.2, 0) is 24.2 Å². The molecule has 2 N–H and O–H groups in total. The maximum Gasteiger partial charge on any atom is 0.254 e. The minimum atomic E-state index is -0.198. The molecular weight excluding hydrogens is 448 g/mol. The first-order chi connectivity index (χ1) is 15.5. The molecule has 0 aliphatic carbocycles. The predicted molar refractivity (Wildman–Crippen MR) is 126 cm³/mol. The molecular formula is C22H25ClN6O2S. The molecule has 10 heteroatoms. The summed E-state index contributed by atoms with van der Waals surface area (Å²) < 4.78 is 2.13. The Hall–Kier alpha value is -2.65. The fourth-order valence-electron chi connectivity index (χ4n) is 3.90. The molecule has 1 amide bonds. The number of aryl methyl sites for hydroxylation is 2. The van der Waals surface area contributed by atoms with Gasteiger partial charge in [-0.15, -0.1) is 10.2 Å². The Morgan fingerprint density at radius 1 is 1.28 bits per heavy atom. The highest BCUT2D eigenvalue weighted by molar-refractivity contribution is 7.98. The van der Waals surface area contributed by atoms with E-state index in [0.717, 1.165) is 43.0 Å². The lowest BCUT2D eigenvalue weighted by Crippen LogP contribution is -2.20. The average molecular weight is 473 g/mol. The molecule has 1 aliphatic rings. The number of hydrogen-bond donors (Lipinski definition) is 2. The van der Waals surface area contributed by atoms with Crippen LogP contribution in [-0.4, -0.2) is 36.9 Å². The van der Waals surface area contributed by atoms with Gasteiger partial charge in [-0.1, -0.05) is 29.8 Å². The second-order valence-corrected chi connectivity index (χ2v) is 8.99. The van der Waals surface area contributed by atoms with E-state index in [-0.39, 0.29) is 17.9 Å². The molecule has 2 aromatic heterocycles. The van der Waals surface area contributed by atoms with Gasteiger partial charge in [-0.3, -0.25) is 9.59 Å². The van der Waals surface area contributed by atoms with Crippen LogP contribution in [0.1, 0.15) is 42.8 Å². The zero-order valence-corrected chi connectivity index (χ0v) is 19.6. The van der Waals surface area contributed by atoms with Crippen LogP contribution in [0, 0.1) is 6.92 Å². The minimum Gasteiger partial charge on any atom is -0.326 e. The number of nitrogens with zero attached hydrogens (tertiary/aromatic N) is 4. The lowest BCUT2D eigenvalue weighted by molar-refractivity contribution is -0.116. The standard InChI is InChI=1S/C22H25ClN6O2S/c1-13-15(21(31)26-22(24-13)32-2)8-10-19(30)25-14-7-9-17(23)16(12-14)20-28-27-18-6-4-3-5-11-29(18)20/h7,9,12H,3-6,8,10-11H2,1-2H3,(H,25,30)(H,24,26,31). The lowest BCUT2D eigenvalue weighted by Gasteiger charge is -2.11. The first-order valence-electron chi connectivity index (χ1n) is 10.6. The third-order valence-corrected chi connectivity index (χ3v) is 6.51. The zero-order chi connectivity index (χ0) is 22.7. The van der Waals surface area contributed by atoms with E-state index in [0.29, 0.717) is 33.5 Å². The number of rotatable bonds is 6. The largest absolute Gasteiger partial charge is 0.326 e. The number of aromatic amines is 1. The molecule has 0 bridgehead atoms. The van der Waals surface area contributed by atoms with Gasteiger partial charge in [0.1, 0.15) is 5.82 Å². The summed E-state index contributed by atoms with van der Waals surface area (Å²) >= 11 is 7.84. The Morgan fingerprint density at radius 2 is 2.12 bits per heavy atom. The molecule has 0 spiro atoms. The van der Waals surface area contributed by atoms with Gasteiger partial charge in [-0.25, -0.2) is 4.98 Å². The van der Waals surface area contributed by atoms with Crippen molar-refractivity contribution in [2.24, 2.45) is 0 Å². The van der Waals surface area contributed by atoms with Crippen molar-refractivity contribution < 1.29 is 4.79 Å². The summed E-state index contributed by atoms with van der Waals surface area (Å²) in [5, 5.41) is 12.7. The first-order valence-corrected chi connectivity index (χ1v) is 12.2. The van der Waals surface area contributed by atoms with Gasteiger partial charge in [0.25, 0.3) is 5.56 Å². The third kappa shape index (κ3) is 4.88. The number of carbonyl (C=O) groups excluding carboxylic acids is 1. The zero-order valence-electron chi connectivity index (χ0n) is 18.1. The molecule has 8 nitrogen and oxygen atoms in total. The molecule has 0 atom stereocenters. The number of nitrogens with one attached hydrogen (secondary N) is 2. The summed E-state index contributed by atoms with van der Waals surface area (Å²) in [6.45, 7) is 2.65. The van der Waals surface area contributed by atoms with E-state index in [9.17, 15) is 9.59 Å². The second-order valence-electron chi connectivity index (χ2n) is 7.78. The van der Waals surface area contributed by atoms with Crippen LogP contribution in [0.15, 0.2) is 28.2 Å². The quantitative estimate of drug-likeness (QED) is 0.414. The highest BCUT2D eigenvalue weighted by Crippen LogP contribution is 2.31. The van der Waals surface area contributed by atoms with E-state index in [1.54, 1.807) is 19.1 Å². The third-order valence-electron chi connectivity index (χ3n) is 5.60. The molecule has 0 saturated heterocycles. The molecule has 3 aromatic rings. The van der Waals surface area contributed by atoms with E-state index < -0.39 is 0 Å². The van der Waals surface area contributed by atoms with Crippen molar-refractivity contribution in [1.29, 1.82) is 0 Å². The summed E-state index contributed by atoms with van der Waals surface area (Å²) in [5.41, 5.74) is 2.35. The van der Waals surface area contributed by atoms with Gasteiger partial charge in [0.15, 0.2) is 11.0 Å². The Bertz CT molecular complexity index is 1210. The maximum atomic E-state index is 12.6. The fraction of sp³-hybridized carbons (Fsp3) is 0.409. The van der Waals surface area contributed by atoms with Crippen molar-refractivity contribution in [2.45, 2.75) is 57.1 Å². The molecule has 32 heavy (non-hydrogen) atoms. The van der Waals surface area contributed by atoms with Gasteiger partial charge >= 0.3 is 0 Å². The molecule has 1 aliphatic heterocycles. The van der Waals surface area contributed by atoms with E-state index in [2.05, 4.69) is 30.0 Å². The maximum absolute atomic E-state index is 12.6. The van der Waals surface area contributed by atoms with E-state index in [1.165, 1.54) is 18.2 Å². The fourth-order valence-corrected chi connectivity index (χ4v) is 4.52. The summed E-state index contributed by atoms with van der Waals surface area (Å²) in [6, 6.07) is 5.34. The molecule has 168 valence electrons. The first kappa shape index (κ1) is 22.5. The highest BCUT2D eigenvalue weighted by Gasteiger charge is 2.19. The van der Waals surface area contributed by atoms with Crippen molar-refractivity contribution in [3.05, 3.63) is 50.7 Å². The number of anilines is 1. The van der Waals surface area contributed by atoms with Crippen LogP contribution in [0.4, 0.5) is 5.69 Å². The smallest absolute Gasteiger partial charge is 0.254 e. The SMILES string of the molecule is CSc1nc(C)c(CCC(=O)Nc2ccc(Cl)c(-c3nnc4n3CCCCC4)c2)c(=O)[nH]1. The van der Waals surface area contributed by atoms with Crippen LogP contribution < -0.4 is 10.9 Å². The molecule has 1 aromatic carbocycles. The number of fused-ring (bicyclic) bond motifs is 1. The molecule has 0 unspecified atom stereocenters. The van der Waals surface area contributed by atoms with Crippen molar-refractivity contribution in [1.82, 2.24) is 24.7 Å². The average Bonchev–Trinajstić information content (AvgIpc) is 3.01. The van der Waals surface area contributed by atoms with Crippen molar-refractivity contribution in [3.8, 4) is 11.4 Å². The van der Waals surface area contributed by atoms with E-state index in [4.69, 9.17) is 11.6 Å². The van der Waals surface area contributed by atoms with Gasteiger partial charge in [0.05, 0.1) is 5.02 Å². The Kier molecular flexibility index (Phi) is 6.95. The summed E-state index contributed by atoms with van der Waals surface area (Å²) in [6.07, 6.45) is 6.60. The summed E-state index contributed by atoms with van der Waals surface area (Å²) in [7, 11) is 0. The van der Waals surface area contributed by atoms with Gasteiger partial charge in [-0.2, -0.15) is 0 Å². The van der Waals surface area contributed by atoms with Gasteiger partial charge in [0, 0.05) is 41.9 Å². The number of benzene rings is 1. The molecule has 0 radical (unpaired) electrons. The molecule has 0 fully saturated rings. The number of halogens is 1. The van der Waals surface area contributed by atoms with Crippen LogP contribution in [0.3, 0.4) is 0 Å². The van der Waals surface area contributed by atoms with Crippen molar-refractivity contribution in [2.75, 3.05) is 11.6 Å². The van der Waals surface area contributed by atoms with Crippen LogP contribution in [0.5, 0.6) is 0 Å². The minimum absolute atomic E-state index is 0.169. The molecule has 3 heterocycles. The van der Waals surface area contributed by atoms with Crippen LogP contribution in [0.2, 0.25) is 5.02 Å². The normalized spacial score (nSPS) is 13.5. The predicted octanol–water partition coefficient (Wildman–Crippen LogP) is 4.01. The number of carbonyl (C=O) groups is 1. The van der Waals surface area contributed by atoms with Gasteiger partial charge in [-0.05, 0) is 50.6 Å². The van der Waals surface area contributed by atoms with Crippen LogP contribution in [0.25, 0.3) is 11.4 Å². The number of amides is 1. The summed E-state index contributed by atoms with van der Waals surface area (Å²) in [5.74, 6) is 1.51. The Balaban J connectivity index is 1.49. The number of thioether (sulfide) groups is 1. The molecule has 0 saturated carbocycles. The number of hydrogen-bond acceptors (Lipinski definition) is 6. The topological polar surface area (TPSA) is 106 Å². The van der Waals surface area contributed by atoms with Crippen LogP contribution >= 0.6 is 23.4 Å². The monoisotopic (exact) mass is 472 g/mol. The van der Waals surface area contributed by atoms with Crippen molar-refractivity contribution in [3.63, 3.8) is 0 Å². The van der Waals surface area contributed by atoms with Gasteiger partial charge in [0.2, 0.25) is 5.91 Å². The Morgan fingerprint density at radius 3 is 2.91 bits per heavy atom. The number of aromatic nitrogens is 5. The van der Waals surface area contributed by atoms with Crippen molar-refractivity contribution >= 4 is 35.0 Å². The molecule has 4 rings (SSSR count). The number of H-pyrrole nitrogens is 1. The summed E-state index contributed by atoms with van der Waals surface area (Å²) in [4.78, 5) is 31.9.